The summed E-state index contributed by atoms with van der Waals surface area (Å²) in [6.45, 7) is 3.25. The van der Waals surface area contributed by atoms with Gasteiger partial charge in [0.25, 0.3) is 5.91 Å². The van der Waals surface area contributed by atoms with Crippen LogP contribution in [0.15, 0.2) is 18.2 Å². The normalized spacial score (nSPS) is 14.6. The van der Waals surface area contributed by atoms with Crippen molar-refractivity contribution in [1.82, 2.24) is 20.1 Å². The van der Waals surface area contributed by atoms with Crippen LogP contribution in [0.1, 0.15) is 37.8 Å². The van der Waals surface area contributed by atoms with Gasteiger partial charge >= 0.3 is 0 Å². The Morgan fingerprint density at radius 2 is 2.19 bits per heavy atom. The quantitative estimate of drug-likeness (QED) is 0.727. The Hall–Kier alpha value is -1.79. The molecule has 2 aromatic rings. The van der Waals surface area contributed by atoms with Crippen LogP contribution in [-0.2, 0) is 24.2 Å². The number of fused-ring (bicyclic) bond motifs is 1. The van der Waals surface area contributed by atoms with Gasteiger partial charge in [-0.3, -0.25) is 4.79 Å². The fraction of sp³-hybridized carbons (Fsp3) is 0.500. The fourth-order valence-electron chi connectivity index (χ4n) is 2.97. The van der Waals surface area contributed by atoms with E-state index in [0.29, 0.717) is 22.3 Å². The van der Waals surface area contributed by atoms with Gasteiger partial charge < -0.3 is 14.6 Å². The van der Waals surface area contributed by atoms with Crippen LogP contribution < -0.4 is 10.1 Å². The maximum absolute atomic E-state index is 12.2. The summed E-state index contributed by atoms with van der Waals surface area (Å²) in [5, 5.41) is 12.3. The minimum atomic E-state index is -0.644. The van der Waals surface area contributed by atoms with Crippen molar-refractivity contribution in [1.29, 1.82) is 0 Å². The van der Waals surface area contributed by atoms with E-state index in [9.17, 15) is 4.79 Å². The third kappa shape index (κ3) is 4.68. The Bertz CT molecular complexity index is 779. The second kappa shape index (κ2) is 8.73. The number of carbonyl (C=O) groups is 1. The highest BCUT2D eigenvalue weighted by atomic mass is 35.5. The Kier molecular flexibility index (Phi) is 6.38. The molecule has 2 heterocycles. The molecule has 0 fully saturated rings. The predicted octanol–water partition coefficient (Wildman–Crippen LogP) is 3.44. The van der Waals surface area contributed by atoms with Crippen LogP contribution in [0.2, 0.25) is 10.0 Å². The second-order valence-electron chi connectivity index (χ2n) is 6.37. The first-order chi connectivity index (χ1) is 12.5. The van der Waals surface area contributed by atoms with Crippen LogP contribution in [0, 0.1) is 0 Å². The number of nitrogens with one attached hydrogen (secondary N) is 1. The average molecular weight is 397 g/mol. The number of nitrogens with zero attached hydrogens (tertiary/aromatic N) is 3. The molecule has 0 unspecified atom stereocenters. The molecule has 0 bridgehead atoms. The van der Waals surface area contributed by atoms with Crippen molar-refractivity contribution in [2.24, 2.45) is 0 Å². The number of hydrogen-bond acceptors (Lipinski definition) is 4. The van der Waals surface area contributed by atoms with E-state index in [1.165, 1.54) is 12.8 Å². The summed E-state index contributed by atoms with van der Waals surface area (Å²) in [4.78, 5) is 12.2. The molecule has 0 aliphatic carbocycles. The summed E-state index contributed by atoms with van der Waals surface area (Å²) in [7, 11) is 0. The number of benzene rings is 1. The molecule has 0 spiro atoms. The van der Waals surface area contributed by atoms with E-state index in [4.69, 9.17) is 27.9 Å². The molecule has 1 atom stereocenters. The highest BCUT2D eigenvalue weighted by Crippen LogP contribution is 2.28. The molecule has 140 valence electrons. The van der Waals surface area contributed by atoms with E-state index in [0.717, 1.165) is 37.5 Å². The second-order valence-corrected chi connectivity index (χ2v) is 7.21. The molecule has 1 aromatic heterocycles. The number of hydrogen-bond donors (Lipinski definition) is 1. The first-order valence-corrected chi connectivity index (χ1v) is 9.60. The molecular formula is C18H22Cl2N4O2. The topological polar surface area (TPSA) is 69.0 Å². The Labute approximate surface area is 162 Å². The van der Waals surface area contributed by atoms with Crippen LogP contribution in [0.25, 0.3) is 0 Å². The summed E-state index contributed by atoms with van der Waals surface area (Å²) >= 11 is 11.9. The number of halogens is 2. The molecule has 1 N–H and O–H groups in total. The van der Waals surface area contributed by atoms with Crippen molar-refractivity contribution in [3.05, 3.63) is 39.9 Å². The molecule has 6 nitrogen and oxygen atoms in total. The van der Waals surface area contributed by atoms with Crippen molar-refractivity contribution < 1.29 is 9.53 Å². The first kappa shape index (κ1) is 19.0. The number of aryl methyl sites for hydroxylation is 2. The number of amides is 1. The first-order valence-electron chi connectivity index (χ1n) is 8.85. The lowest BCUT2D eigenvalue weighted by atomic mass is 10.1. The maximum Gasteiger partial charge on any atom is 0.260 e. The molecule has 0 saturated carbocycles. The van der Waals surface area contributed by atoms with Gasteiger partial charge in [0.1, 0.15) is 17.4 Å². The fourth-order valence-corrected chi connectivity index (χ4v) is 3.42. The van der Waals surface area contributed by atoms with Gasteiger partial charge in [0.15, 0.2) is 6.10 Å². The molecule has 1 aromatic carbocycles. The number of aromatic nitrogens is 3. The van der Waals surface area contributed by atoms with Crippen molar-refractivity contribution in [2.75, 3.05) is 6.54 Å². The molecule has 26 heavy (non-hydrogen) atoms. The Morgan fingerprint density at radius 3 is 3.00 bits per heavy atom. The summed E-state index contributed by atoms with van der Waals surface area (Å²) in [6.07, 6.45) is 4.32. The van der Waals surface area contributed by atoms with E-state index in [1.807, 2.05) is 0 Å². The van der Waals surface area contributed by atoms with Crippen LogP contribution in [0.4, 0.5) is 0 Å². The average Bonchev–Trinajstić information content (AvgIpc) is 3.04. The van der Waals surface area contributed by atoms with Gasteiger partial charge in [-0.25, -0.2) is 0 Å². The standard InChI is InChI=1S/C18H22Cl2N4O2/c1-12(26-15-8-7-13(19)11-14(15)20)18(25)21-9-4-6-17-23-22-16-5-2-3-10-24(16)17/h7-8,11-12H,2-6,9-10H2,1H3,(H,21,25)/t12-/m0/s1. The number of ether oxygens (including phenoxy) is 1. The molecule has 1 aliphatic heterocycles. The third-order valence-corrected chi connectivity index (χ3v) is 4.91. The van der Waals surface area contributed by atoms with Gasteiger partial charge in [-0.2, -0.15) is 0 Å². The smallest absolute Gasteiger partial charge is 0.260 e. The van der Waals surface area contributed by atoms with E-state index in [1.54, 1.807) is 25.1 Å². The lowest BCUT2D eigenvalue weighted by Gasteiger charge is -2.16. The van der Waals surface area contributed by atoms with Crippen molar-refractivity contribution in [3.63, 3.8) is 0 Å². The highest BCUT2D eigenvalue weighted by Gasteiger charge is 2.17. The van der Waals surface area contributed by atoms with Gasteiger partial charge in [0.05, 0.1) is 5.02 Å². The van der Waals surface area contributed by atoms with Crippen molar-refractivity contribution in [2.45, 2.75) is 51.7 Å². The zero-order chi connectivity index (χ0) is 18.5. The van der Waals surface area contributed by atoms with Gasteiger partial charge in [0, 0.05) is 31.0 Å². The lowest BCUT2D eigenvalue weighted by molar-refractivity contribution is -0.127. The number of rotatable bonds is 7. The zero-order valence-corrected chi connectivity index (χ0v) is 16.2. The van der Waals surface area contributed by atoms with Crippen LogP contribution in [0.5, 0.6) is 5.75 Å². The van der Waals surface area contributed by atoms with Crippen LogP contribution in [-0.4, -0.2) is 33.3 Å². The maximum atomic E-state index is 12.2. The minimum absolute atomic E-state index is 0.181. The van der Waals surface area contributed by atoms with Crippen molar-refractivity contribution >= 4 is 29.1 Å². The summed E-state index contributed by atoms with van der Waals surface area (Å²) in [5.41, 5.74) is 0. The predicted molar refractivity (Wildman–Crippen MR) is 101 cm³/mol. The van der Waals surface area contributed by atoms with Gasteiger partial charge in [-0.1, -0.05) is 23.2 Å². The van der Waals surface area contributed by atoms with Gasteiger partial charge in [0.2, 0.25) is 0 Å². The highest BCUT2D eigenvalue weighted by molar-refractivity contribution is 6.35. The van der Waals surface area contributed by atoms with Gasteiger partial charge in [-0.15, -0.1) is 10.2 Å². The van der Waals surface area contributed by atoms with Crippen LogP contribution in [0.3, 0.4) is 0 Å². The monoisotopic (exact) mass is 396 g/mol. The largest absolute Gasteiger partial charge is 0.479 e. The molecule has 3 rings (SSSR count). The lowest BCUT2D eigenvalue weighted by Crippen LogP contribution is -2.37. The molecule has 0 saturated heterocycles. The molecule has 8 heteroatoms. The number of carbonyl (C=O) groups excluding carboxylic acids is 1. The Balaban J connectivity index is 1.43. The minimum Gasteiger partial charge on any atom is -0.479 e. The summed E-state index contributed by atoms with van der Waals surface area (Å²) in [5.74, 6) is 2.34. The SMILES string of the molecule is C[C@H](Oc1ccc(Cl)cc1Cl)C(=O)NCCCc1nnc2n1CCCC2. The van der Waals surface area contributed by atoms with E-state index in [-0.39, 0.29) is 5.91 Å². The molecule has 1 amide bonds. The molecule has 1 aliphatic rings. The zero-order valence-electron chi connectivity index (χ0n) is 14.7. The van der Waals surface area contributed by atoms with E-state index >= 15 is 0 Å². The van der Waals surface area contributed by atoms with E-state index < -0.39 is 6.10 Å². The summed E-state index contributed by atoms with van der Waals surface area (Å²) in [6, 6.07) is 4.91. The third-order valence-electron chi connectivity index (χ3n) is 4.38. The summed E-state index contributed by atoms with van der Waals surface area (Å²) < 4.78 is 7.82. The van der Waals surface area contributed by atoms with E-state index in [2.05, 4.69) is 20.1 Å². The molecule has 0 radical (unpaired) electrons. The van der Waals surface area contributed by atoms with Gasteiger partial charge in [-0.05, 0) is 44.4 Å². The molecular weight excluding hydrogens is 375 g/mol. The van der Waals surface area contributed by atoms with Crippen LogP contribution >= 0.6 is 23.2 Å². The Morgan fingerprint density at radius 1 is 1.35 bits per heavy atom. The van der Waals surface area contributed by atoms with Crippen molar-refractivity contribution in [3.8, 4) is 5.75 Å².